The minimum atomic E-state index is -0.265. The molecular weight excluding hydrogens is 326 g/mol. The summed E-state index contributed by atoms with van der Waals surface area (Å²) in [6.45, 7) is 4.24. The molecule has 4 rings (SSSR count). The molecule has 1 saturated heterocycles. The van der Waals surface area contributed by atoms with Gasteiger partial charge in [-0.1, -0.05) is 31.2 Å². The number of hydrogen-bond donors (Lipinski definition) is 1. The number of hydrogen-bond acceptors (Lipinski definition) is 5. The van der Waals surface area contributed by atoms with Crippen LogP contribution in [0.1, 0.15) is 30.3 Å². The third kappa shape index (κ3) is 3.49. The number of carbonyl (C=O) groups excluding carboxylic acids is 1. The average Bonchev–Trinajstić information content (AvgIpc) is 2.69. The van der Waals surface area contributed by atoms with Gasteiger partial charge < -0.3 is 10.2 Å². The van der Waals surface area contributed by atoms with E-state index in [1.807, 2.05) is 30.3 Å². The fourth-order valence-electron chi connectivity index (χ4n) is 3.15. The van der Waals surface area contributed by atoms with E-state index in [0.29, 0.717) is 11.4 Å². The number of benzene rings is 1. The Hall–Kier alpha value is -3.02. The smallest absolute Gasteiger partial charge is 0.274 e. The van der Waals surface area contributed by atoms with Gasteiger partial charge in [0.2, 0.25) is 5.95 Å². The Balaban J connectivity index is 1.45. The van der Waals surface area contributed by atoms with Crippen LogP contribution >= 0.6 is 0 Å². The van der Waals surface area contributed by atoms with Crippen molar-refractivity contribution in [1.82, 2.24) is 15.0 Å². The SMILES string of the molecule is CC1CCN(c2ncc(NC(=O)c3ccc4ccccc4n3)cn2)CC1. The van der Waals surface area contributed by atoms with Crippen LogP contribution in [0.4, 0.5) is 11.6 Å². The lowest BCUT2D eigenvalue weighted by Gasteiger charge is -2.30. The van der Waals surface area contributed by atoms with Crippen LogP contribution in [0.2, 0.25) is 0 Å². The molecule has 0 saturated carbocycles. The maximum Gasteiger partial charge on any atom is 0.274 e. The number of pyridine rings is 1. The molecule has 26 heavy (non-hydrogen) atoms. The van der Waals surface area contributed by atoms with Crippen LogP contribution < -0.4 is 10.2 Å². The predicted octanol–water partition coefficient (Wildman–Crippen LogP) is 3.51. The molecule has 0 aliphatic carbocycles. The van der Waals surface area contributed by atoms with Crippen molar-refractivity contribution in [3.63, 3.8) is 0 Å². The lowest BCUT2D eigenvalue weighted by molar-refractivity contribution is 0.102. The monoisotopic (exact) mass is 347 g/mol. The van der Waals surface area contributed by atoms with E-state index in [1.165, 1.54) is 0 Å². The van der Waals surface area contributed by atoms with Gasteiger partial charge in [-0.25, -0.2) is 15.0 Å². The molecular formula is C20H21N5O. The van der Waals surface area contributed by atoms with Crippen molar-refractivity contribution < 1.29 is 4.79 Å². The number of rotatable bonds is 3. The van der Waals surface area contributed by atoms with Crippen LogP contribution in [-0.2, 0) is 0 Å². The third-order valence-electron chi connectivity index (χ3n) is 4.79. The Bertz CT molecular complexity index is 917. The molecule has 132 valence electrons. The number of nitrogens with zero attached hydrogens (tertiary/aromatic N) is 4. The highest BCUT2D eigenvalue weighted by molar-refractivity contribution is 6.03. The first-order valence-electron chi connectivity index (χ1n) is 8.93. The van der Waals surface area contributed by atoms with Crippen LogP contribution in [0.25, 0.3) is 10.9 Å². The number of aromatic nitrogens is 3. The molecule has 6 nitrogen and oxygen atoms in total. The molecule has 2 aromatic heterocycles. The first-order chi connectivity index (χ1) is 12.7. The average molecular weight is 347 g/mol. The van der Waals surface area contributed by atoms with Crippen molar-refractivity contribution in [2.45, 2.75) is 19.8 Å². The lowest BCUT2D eigenvalue weighted by Crippen LogP contribution is -2.34. The maximum absolute atomic E-state index is 12.4. The second kappa shape index (κ2) is 7.07. The minimum Gasteiger partial charge on any atom is -0.341 e. The van der Waals surface area contributed by atoms with Gasteiger partial charge in [0.15, 0.2) is 0 Å². The molecule has 0 unspecified atom stereocenters. The summed E-state index contributed by atoms with van der Waals surface area (Å²) in [5, 5.41) is 3.82. The summed E-state index contributed by atoms with van der Waals surface area (Å²) in [6.07, 6.45) is 5.63. The molecule has 1 aromatic carbocycles. The van der Waals surface area contributed by atoms with Gasteiger partial charge >= 0.3 is 0 Å². The second-order valence-electron chi connectivity index (χ2n) is 6.78. The van der Waals surface area contributed by atoms with Crippen molar-refractivity contribution >= 4 is 28.4 Å². The summed E-state index contributed by atoms with van der Waals surface area (Å²) in [5.74, 6) is 1.22. The molecule has 1 aliphatic rings. The molecule has 3 aromatic rings. The summed E-state index contributed by atoms with van der Waals surface area (Å²) in [6, 6.07) is 11.3. The van der Waals surface area contributed by atoms with Gasteiger partial charge in [-0.15, -0.1) is 0 Å². The Labute approximate surface area is 152 Å². The minimum absolute atomic E-state index is 0.265. The van der Waals surface area contributed by atoms with E-state index < -0.39 is 0 Å². The Kier molecular flexibility index (Phi) is 4.48. The largest absolute Gasteiger partial charge is 0.341 e. The van der Waals surface area contributed by atoms with E-state index in [9.17, 15) is 4.79 Å². The Morgan fingerprint density at radius 2 is 1.81 bits per heavy atom. The topological polar surface area (TPSA) is 71.0 Å². The van der Waals surface area contributed by atoms with Crippen LogP contribution in [0.3, 0.4) is 0 Å². The van der Waals surface area contributed by atoms with Crippen LogP contribution in [0.5, 0.6) is 0 Å². The highest BCUT2D eigenvalue weighted by atomic mass is 16.1. The quantitative estimate of drug-likeness (QED) is 0.785. The highest BCUT2D eigenvalue weighted by Gasteiger charge is 2.18. The van der Waals surface area contributed by atoms with Gasteiger partial charge in [-0.2, -0.15) is 0 Å². The normalized spacial score (nSPS) is 15.2. The van der Waals surface area contributed by atoms with E-state index in [4.69, 9.17) is 0 Å². The summed E-state index contributed by atoms with van der Waals surface area (Å²) in [7, 11) is 0. The summed E-state index contributed by atoms with van der Waals surface area (Å²) in [5.41, 5.74) is 1.74. The van der Waals surface area contributed by atoms with Gasteiger partial charge in [0, 0.05) is 18.5 Å². The fraction of sp³-hybridized carbons (Fsp3) is 0.300. The van der Waals surface area contributed by atoms with Crippen molar-refractivity contribution in [3.8, 4) is 0 Å². The zero-order valence-corrected chi connectivity index (χ0v) is 14.7. The molecule has 0 atom stereocenters. The van der Waals surface area contributed by atoms with Gasteiger partial charge in [-0.3, -0.25) is 4.79 Å². The van der Waals surface area contributed by atoms with Crippen molar-refractivity contribution in [1.29, 1.82) is 0 Å². The van der Waals surface area contributed by atoms with Gasteiger partial charge in [0.05, 0.1) is 23.6 Å². The lowest BCUT2D eigenvalue weighted by atomic mass is 10.00. The highest BCUT2D eigenvalue weighted by Crippen LogP contribution is 2.20. The maximum atomic E-state index is 12.4. The number of anilines is 2. The standard InChI is InChI=1S/C20H21N5O/c1-14-8-10-25(11-9-14)20-21-12-16(13-22-20)23-19(26)18-7-6-15-4-2-3-5-17(15)24-18/h2-7,12-14H,8-11H2,1H3,(H,23,26). The van der Waals surface area contributed by atoms with E-state index in [-0.39, 0.29) is 5.91 Å². The van der Waals surface area contributed by atoms with Gasteiger partial charge in [0.1, 0.15) is 5.69 Å². The fourth-order valence-corrected chi connectivity index (χ4v) is 3.15. The number of amides is 1. The van der Waals surface area contributed by atoms with E-state index in [2.05, 4.69) is 32.1 Å². The summed E-state index contributed by atoms with van der Waals surface area (Å²) >= 11 is 0. The molecule has 1 N–H and O–H groups in total. The number of nitrogens with one attached hydrogen (secondary N) is 1. The third-order valence-corrected chi connectivity index (χ3v) is 4.79. The molecule has 3 heterocycles. The van der Waals surface area contributed by atoms with Crippen LogP contribution in [0.15, 0.2) is 48.8 Å². The molecule has 6 heteroatoms. The van der Waals surface area contributed by atoms with E-state index in [0.717, 1.165) is 48.7 Å². The van der Waals surface area contributed by atoms with Gasteiger partial charge in [0.25, 0.3) is 5.91 Å². The van der Waals surface area contributed by atoms with Crippen molar-refractivity contribution in [3.05, 3.63) is 54.5 Å². The Morgan fingerprint density at radius 1 is 1.08 bits per heavy atom. The number of para-hydroxylation sites is 1. The number of piperidine rings is 1. The predicted molar refractivity (Wildman–Crippen MR) is 102 cm³/mol. The molecule has 1 amide bonds. The number of fused-ring (bicyclic) bond motifs is 1. The van der Waals surface area contributed by atoms with Gasteiger partial charge in [-0.05, 0) is 30.9 Å². The summed E-state index contributed by atoms with van der Waals surface area (Å²) in [4.78, 5) is 27.8. The first kappa shape index (κ1) is 16.4. The molecule has 1 fully saturated rings. The number of carbonyl (C=O) groups is 1. The molecule has 0 radical (unpaired) electrons. The molecule has 0 bridgehead atoms. The van der Waals surface area contributed by atoms with Crippen LogP contribution in [0, 0.1) is 5.92 Å². The van der Waals surface area contributed by atoms with E-state index in [1.54, 1.807) is 18.5 Å². The van der Waals surface area contributed by atoms with Crippen LogP contribution in [-0.4, -0.2) is 33.9 Å². The van der Waals surface area contributed by atoms with Crippen molar-refractivity contribution in [2.24, 2.45) is 5.92 Å². The zero-order valence-electron chi connectivity index (χ0n) is 14.7. The Morgan fingerprint density at radius 3 is 2.58 bits per heavy atom. The first-order valence-corrected chi connectivity index (χ1v) is 8.93. The molecule has 1 aliphatic heterocycles. The van der Waals surface area contributed by atoms with E-state index >= 15 is 0 Å². The zero-order chi connectivity index (χ0) is 17.9. The second-order valence-corrected chi connectivity index (χ2v) is 6.78. The van der Waals surface area contributed by atoms with Crippen molar-refractivity contribution in [2.75, 3.05) is 23.3 Å². The summed E-state index contributed by atoms with van der Waals surface area (Å²) < 4.78 is 0. The molecule has 0 spiro atoms.